The van der Waals surface area contributed by atoms with E-state index in [2.05, 4.69) is 9.97 Å². The van der Waals surface area contributed by atoms with Crippen LogP contribution >= 0.6 is 0 Å². The second-order valence-electron chi connectivity index (χ2n) is 6.32. The van der Waals surface area contributed by atoms with Crippen LogP contribution in [0.4, 0.5) is 24.7 Å². The van der Waals surface area contributed by atoms with Gasteiger partial charge < -0.3 is 9.64 Å². The Bertz CT molecular complexity index is 807. The van der Waals surface area contributed by atoms with Gasteiger partial charge in [-0.25, -0.2) is 4.98 Å². The molecule has 1 heterocycles. The highest BCUT2D eigenvalue weighted by molar-refractivity contribution is 5.64. The van der Waals surface area contributed by atoms with Gasteiger partial charge >= 0.3 is 12.2 Å². The van der Waals surface area contributed by atoms with Gasteiger partial charge in [0.15, 0.2) is 5.82 Å². The fourth-order valence-corrected chi connectivity index (χ4v) is 2.04. The first-order valence-corrected chi connectivity index (χ1v) is 7.38. The summed E-state index contributed by atoms with van der Waals surface area (Å²) in [6.45, 7) is 5.23. The number of halogens is 3. The van der Waals surface area contributed by atoms with Crippen LogP contribution in [0, 0.1) is 11.3 Å². The minimum atomic E-state index is -4.63. The highest BCUT2D eigenvalue weighted by Crippen LogP contribution is 2.38. The molecule has 2 aromatic rings. The zero-order valence-corrected chi connectivity index (χ0v) is 14.2. The molecule has 0 saturated heterocycles. The molecule has 2 rings (SSSR count). The fraction of sp³-hybridized carbons (Fsp3) is 0.353. The molecule has 0 aliphatic heterocycles. The molecule has 0 aliphatic rings. The van der Waals surface area contributed by atoms with Crippen LogP contribution in [0.25, 0.3) is 0 Å². The van der Waals surface area contributed by atoms with Crippen LogP contribution in [0.15, 0.2) is 30.5 Å². The number of nitrogens with zero attached hydrogens (tertiary/aromatic N) is 4. The van der Waals surface area contributed by atoms with Crippen molar-refractivity contribution in [3.8, 4) is 12.1 Å². The van der Waals surface area contributed by atoms with Crippen molar-refractivity contribution in [3.05, 3.63) is 41.6 Å². The van der Waals surface area contributed by atoms with E-state index >= 15 is 0 Å². The van der Waals surface area contributed by atoms with Gasteiger partial charge in [0.1, 0.15) is 11.2 Å². The van der Waals surface area contributed by atoms with E-state index in [9.17, 15) is 13.2 Å². The van der Waals surface area contributed by atoms with E-state index in [1.165, 1.54) is 18.0 Å². The molecule has 0 radical (unpaired) electrons. The molecular weight excluding hydrogens is 333 g/mol. The molecule has 8 heteroatoms. The molecule has 0 N–H and O–H groups in total. The standard InChI is InChI=1S/C17H17F3N4O/c1-16(2,3)25-15-22-10-13(17(18,19)20)14(23-15)24(4)12-7-5-6-11(8-12)9-21/h5-8,10H,1-4H3. The Hall–Kier alpha value is -2.82. The number of benzene rings is 1. The number of hydrogen-bond acceptors (Lipinski definition) is 5. The average molecular weight is 350 g/mol. The molecule has 0 amide bonds. The SMILES string of the molecule is CN(c1cccc(C#N)c1)c1nc(OC(C)(C)C)ncc1C(F)(F)F. The van der Waals surface area contributed by atoms with E-state index in [-0.39, 0.29) is 11.8 Å². The lowest BCUT2D eigenvalue weighted by Gasteiger charge is -2.24. The first-order chi connectivity index (χ1) is 11.5. The molecule has 5 nitrogen and oxygen atoms in total. The Labute approximate surface area is 143 Å². The van der Waals surface area contributed by atoms with Crippen LogP contribution in [0.3, 0.4) is 0 Å². The van der Waals surface area contributed by atoms with Gasteiger partial charge in [0.25, 0.3) is 0 Å². The molecule has 0 bridgehead atoms. The molecule has 1 aromatic heterocycles. The molecule has 0 unspecified atom stereocenters. The summed E-state index contributed by atoms with van der Waals surface area (Å²) in [7, 11) is 1.44. The summed E-state index contributed by atoms with van der Waals surface area (Å²) < 4.78 is 45.5. The van der Waals surface area contributed by atoms with E-state index in [0.717, 1.165) is 0 Å². The number of nitriles is 1. The van der Waals surface area contributed by atoms with Crippen molar-refractivity contribution in [1.82, 2.24) is 9.97 Å². The van der Waals surface area contributed by atoms with Crippen molar-refractivity contribution in [2.75, 3.05) is 11.9 Å². The van der Waals surface area contributed by atoms with Crippen LogP contribution in [-0.4, -0.2) is 22.6 Å². The topological polar surface area (TPSA) is 62.0 Å². The van der Waals surface area contributed by atoms with Crippen molar-refractivity contribution >= 4 is 11.5 Å². The predicted molar refractivity (Wildman–Crippen MR) is 86.6 cm³/mol. The zero-order chi connectivity index (χ0) is 18.8. The van der Waals surface area contributed by atoms with Crippen molar-refractivity contribution in [2.24, 2.45) is 0 Å². The number of aromatic nitrogens is 2. The second kappa shape index (κ2) is 6.59. The van der Waals surface area contributed by atoms with Crippen molar-refractivity contribution in [3.63, 3.8) is 0 Å². The monoisotopic (exact) mass is 350 g/mol. The molecule has 0 spiro atoms. The van der Waals surface area contributed by atoms with Crippen LogP contribution < -0.4 is 9.64 Å². The Balaban J connectivity index is 2.55. The van der Waals surface area contributed by atoms with Crippen LogP contribution in [0.1, 0.15) is 31.9 Å². The molecule has 0 atom stereocenters. The molecule has 0 saturated carbocycles. The maximum atomic E-state index is 13.3. The summed E-state index contributed by atoms with van der Waals surface area (Å²) in [5, 5.41) is 8.98. The lowest BCUT2D eigenvalue weighted by molar-refractivity contribution is -0.137. The number of ether oxygens (including phenoxy) is 1. The molecule has 1 aromatic carbocycles. The summed E-state index contributed by atoms with van der Waals surface area (Å²) in [6, 6.07) is 8.02. The summed E-state index contributed by atoms with van der Waals surface area (Å²) in [4.78, 5) is 8.87. The highest BCUT2D eigenvalue weighted by atomic mass is 19.4. The van der Waals surface area contributed by atoms with Crippen molar-refractivity contribution in [2.45, 2.75) is 32.5 Å². The third-order valence-corrected chi connectivity index (χ3v) is 3.13. The average Bonchev–Trinajstić information content (AvgIpc) is 2.51. The summed E-state index contributed by atoms with van der Waals surface area (Å²) >= 11 is 0. The summed E-state index contributed by atoms with van der Waals surface area (Å²) in [5.74, 6) is -0.350. The van der Waals surface area contributed by atoms with Crippen LogP contribution in [0.5, 0.6) is 6.01 Å². The van der Waals surface area contributed by atoms with Gasteiger partial charge in [-0.15, -0.1) is 0 Å². The minimum Gasteiger partial charge on any atom is -0.458 e. The summed E-state index contributed by atoms with van der Waals surface area (Å²) in [5.41, 5.74) is -0.919. The second-order valence-corrected chi connectivity index (χ2v) is 6.32. The minimum absolute atomic E-state index is 0.154. The Morgan fingerprint density at radius 2 is 1.88 bits per heavy atom. The highest BCUT2D eigenvalue weighted by Gasteiger charge is 2.37. The molecule has 25 heavy (non-hydrogen) atoms. The zero-order valence-electron chi connectivity index (χ0n) is 14.2. The van der Waals surface area contributed by atoms with Crippen molar-refractivity contribution < 1.29 is 17.9 Å². The van der Waals surface area contributed by atoms with E-state index in [1.54, 1.807) is 39.0 Å². The third kappa shape index (κ3) is 4.59. The van der Waals surface area contributed by atoms with Gasteiger partial charge in [0.2, 0.25) is 0 Å². The smallest absolute Gasteiger partial charge is 0.421 e. The third-order valence-electron chi connectivity index (χ3n) is 3.13. The first-order valence-electron chi connectivity index (χ1n) is 7.38. The number of alkyl halides is 3. The van der Waals surface area contributed by atoms with E-state index in [1.807, 2.05) is 6.07 Å². The lowest BCUT2D eigenvalue weighted by Crippen LogP contribution is -2.26. The Kier molecular flexibility index (Phi) is 4.88. The van der Waals surface area contributed by atoms with Crippen LogP contribution in [0.2, 0.25) is 0 Å². The quantitative estimate of drug-likeness (QED) is 0.825. The first kappa shape index (κ1) is 18.5. The summed E-state index contributed by atoms with van der Waals surface area (Å²) in [6.07, 6.45) is -3.93. The number of rotatable bonds is 3. The van der Waals surface area contributed by atoms with Crippen molar-refractivity contribution in [1.29, 1.82) is 5.26 Å². The normalized spacial score (nSPS) is 11.8. The number of hydrogen-bond donors (Lipinski definition) is 0. The van der Waals surface area contributed by atoms with E-state index in [0.29, 0.717) is 17.4 Å². The van der Waals surface area contributed by atoms with E-state index < -0.39 is 17.3 Å². The van der Waals surface area contributed by atoms with Gasteiger partial charge in [0.05, 0.1) is 11.6 Å². The maximum Gasteiger partial charge on any atom is 0.421 e. The number of anilines is 2. The Morgan fingerprint density at radius 1 is 1.20 bits per heavy atom. The van der Waals surface area contributed by atoms with Gasteiger partial charge in [0, 0.05) is 18.9 Å². The molecule has 0 aliphatic carbocycles. The lowest BCUT2D eigenvalue weighted by atomic mass is 10.2. The molecule has 132 valence electrons. The van der Waals surface area contributed by atoms with Gasteiger partial charge in [-0.1, -0.05) is 6.07 Å². The maximum absolute atomic E-state index is 13.3. The van der Waals surface area contributed by atoms with Gasteiger partial charge in [-0.05, 0) is 39.0 Å². The van der Waals surface area contributed by atoms with Crippen LogP contribution in [-0.2, 0) is 6.18 Å². The van der Waals surface area contributed by atoms with Gasteiger partial charge in [-0.3, -0.25) is 0 Å². The largest absolute Gasteiger partial charge is 0.458 e. The van der Waals surface area contributed by atoms with E-state index in [4.69, 9.17) is 10.00 Å². The molecular formula is C17H17F3N4O. The van der Waals surface area contributed by atoms with Gasteiger partial charge in [-0.2, -0.15) is 23.4 Å². The Morgan fingerprint density at radius 3 is 2.44 bits per heavy atom. The molecule has 0 fully saturated rings. The fourth-order valence-electron chi connectivity index (χ4n) is 2.04. The predicted octanol–water partition coefficient (Wildman–Crippen LogP) is 4.31.